The Morgan fingerprint density at radius 3 is 1.61 bits per heavy atom. The summed E-state index contributed by atoms with van der Waals surface area (Å²) in [7, 11) is -7.02. The molecule has 0 atom stereocenters. The number of hydrogen-bond donors (Lipinski definition) is 2. The van der Waals surface area contributed by atoms with Crippen molar-refractivity contribution in [3.63, 3.8) is 0 Å². The molecule has 0 bridgehead atoms. The van der Waals surface area contributed by atoms with Crippen LogP contribution in [0, 0.1) is 0 Å². The molecule has 0 aliphatic rings. The van der Waals surface area contributed by atoms with E-state index in [0.717, 1.165) is 6.92 Å². The first-order chi connectivity index (χ1) is 9.97. The molecule has 0 aliphatic heterocycles. The minimum atomic E-state index is -7.02. The molecule has 0 heterocycles. The van der Waals surface area contributed by atoms with E-state index >= 15 is 0 Å². The third kappa shape index (κ3) is 4.76. The smallest absolute Gasteiger partial charge is 0.327 e. The maximum Gasteiger partial charge on any atom is 0.438 e. The monoisotopic (exact) mass is 381 g/mol. The van der Waals surface area contributed by atoms with Crippen LogP contribution in [-0.4, -0.2) is 42.5 Å². The van der Waals surface area contributed by atoms with E-state index in [1.54, 1.807) is 6.08 Å². The van der Waals surface area contributed by atoms with E-state index in [1.807, 2.05) is 0 Å². The Morgan fingerprint density at radius 2 is 1.39 bits per heavy atom. The van der Waals surface area contributed by atoms with Gasteiger partial charge in [0.05, 0.1) is 0 Å². The zero-order valence-electron chi connectivity index (χ0n) is 11.7. The van der Waals surface area contributed by atoms with Gasteiger partial charge < -0.3 is 5.73 Å². The lowest BCUT2D eigenvalue weighted by atomic mass is 10.0. The molecule has 0 aromatic rings. The summed E-state index contributed by atoms with van der Waals surface area (Å²) >= 11 is 0. The van der Waals surface area contributed by atoms with Crippen molar-refractivity contribution in [3.05, 3.63) is 12.7 Å². The van der Waals surface area contributed by atoms with Gasteiger partial charge in [0.1, 0.15) is 0 Å². The molecule has 4 nitrogen and oxygen atoms in total. The third-order valence-electron chi connectivity index (χ3n) is 2.27. The topological polar surface area (TPSA) is 80.4 Å². The van der Waals surface area contributed by atoms with Crippen molar-refractivity contribution in [1.82, 2.24) is 0 Å². The van der Waals surface area contributed by atoms with Crippen LogP contribution in [0.1, 0.15) is 19.8 Å². The average molecular weight is 381 g/mol. The quantitative estimate of drug-likeness (QED) is 0.403. The molecule has 0 saturated heterocycles. The van der Waals surface area contributed by atoms with Gasteiger partial charge >= 0.3 is 33.1 Å². The van der Waals surface area contributed by atoms with Gasteiger partial charge in [-0.3, -0.25) is 4.55 Å². The fraction of sp³-hybridized carbons (Fsp3) is 0.800. The zero-order chi connectivity index (χ0) is 19.3. The van der Waals surface area contributed by atoms with Crippen LogP contribution in [0.4, 0.5) is 35.1 Å². The van der Waals surface area contributed by atoms with Gasteiger partial charge in [-0.2, -0.15) is 43.5 Å². The highest BCUT2D eigenvalue weighted by Gasteiger charge is 2.83. The van der Waals surface area contributed by atoms with Crippen molar-refractivity contribution in [1.29, 1.82) is 0 Å². The molecule has 3 N–H and O–H groups in total. The standard InChI is InChI=1S/C7H8F8O3S.C3H7N/c1-2-3-4(8,9)5(10,11)6(12,13)7(14,15)19(16,17)18;1-2-3-4/h2-3H2,1H3,(H,16,17,18);2H,1,3-4H2. The molecule has 0 spiro atoms. The molecule has 0 unspecified atom stereocenters. The Hall–Kier alpha value is -0.950. The molecular weight excluding hydrogens is 366 g/mol. The normalized spacial score (nSPS) is 14.0. The summed E-state index contributed by atoms with van der Waals surface area (Å²) in [5.41, 5.74) is 4.91. The Labute approximate surface area is 127 Å². The molecule has 0 aliphatic carbocycles. The lowest BCUT2D eigenvalue weighted by Gasteiger charge is -2.35. The van der Waals surface area contributed by atoms with Crippen molar-refractivity contribution in [2.45, 2.75) is 42.8 Å². The van der Waals surface area contributed by atoms with E-state index in [9.17, 15) is 43.5 Å². The van der Waals surface area contributed by atoms with Gasteiger partial charge in [0.25, 0.3) is 0 Å². The Balaban J connectivity index is 0. The van der Waals surface area contributed by atoms with E-state index in [-0.39, 0.29) is 0 Å². The molecule has 23 heavy (non-hydrogen) atoms. The largest absolute Gasteiger partial charge is 0.438 e. The second kappa shape index (κ2) is 7.75. The molecule has 0 saturated carbocycles. The van der Waals surface area contributed by atoms with Crippen LogP contribution in [-0.2, 0) is 10.1 Å². The molecule has 0 amide bonds. The van der Waals surface area contributed by atoms with Crippen molar-refractivity contribution in [2.24, 2.45) is 5.73 Å². The fourth-order valence-corrected chi connectivity index (χ4v) is 1.50. The molecule has 0 aromatic carbocycles. The number of nitrogens with two attached hydrogens (primary N) is 1. The van der Waals surface area contributed by atoms with E-state index in [4.69, 9.17) is 10.3 Å². The number of hydrogen-bond acceptors (Lipinski definition) is 3. The summed E-state index contributed by atoms with van der Waals surface area (Å²) in [4.78, 5) is 0. The highest BCUT2D eigenvalue weighted by molar-refractivity contribution is 7.87. The van der Waals surface area contributed by atoms with Crippen LogP contribution in [0.5, 0.6) is 0 Å². The summed E-state index contributed by atoms with van der Waals surface area (Å²) in [6, 6.07) is 0. The zero-order valence-corrected chi connectivity index (χ0v) is 12.5. The van der Waals surface area contributed by atoms with Crippen LogP contribution in [0.3, 0.4) is 0 Å². The van der Waals surface area contributed by atoms with Gasteiger partial charge in [-0.25, -0.2) is 0 Å². The molecule has 13 heteroatoms. The lowest BCUT2D eigenvalue weighted by Crippen LogP contribution is -2.64. The molecule has 0 rings (SSSR count). The molecule has 0 aromatic heterocycles. The molecular formula is C10H15F8NO3S. The second-order valence-electron chi connectivity index (χ2n) is 4.12. The molecule has 140 valence electrons. The summed E-state index contributed by atoms with van der Waals surface area (Å²) in [5, 5.41) is -6.76. The number of alkyl halides is 8. The van der Waals surface area contributed by atoms with E-state index in [0.29, 0.717) is 6.54 Å². The van der Waals surface area contributed by atoms with Gasteiger partial charge in [-0.1, -0.05) is 19.4 Å². The first kappa shape index (κ1) is 24.3. The van der Waals surface area contributed by atoms with E-state index in [2.05, 4.69) is 6.58 Å². The Bertz CT molecular complexity index is 492. The van der Waals surface area contributed by atoms with E-state index < -0.39 is 46.0 Å². The predicted molar refractivity (Wildman–Crippen MR) is 65.5 cm³/mol. The minimum Gasteiger partial charge on any atom is -0.327 e. The highest BCUT2D eigenvalue weighted by Crippen LogP contribution is 2.55. The highest BCUT2D eigenvalue weighted by atomic mass is 32.2. The van der Waals surface area contributed by atoms with E-state index in [1.165, 1.54) is 0 Å². The van der Waals surface area contributed by atoms with Crippen molar-refractivity contribution in [3.8, 4) is 0 Å². The third-order valence-corrected chi connectivity index (χ3v) is 3.18. The van der Waals surface area contributed by atoms with Gasteiger partial charge in [0.15, 0.2) is 0 Å². The van der Waals surface area contributed by atoms with Crippen LogP contribution in [0.25, 0.3) is 0 Å². The summed E-state index contributed by atoms with van der Waals surface area (Å²) in [6.07, 6.45) is -0.979. The second-order valence-corrected chi connectivity index (χ2v) is 5.58. The van der Waals surface area contributed by atoms with Gasteiger partial charge in [-0.15, -0.1) is 6.58 Å². The minimum absolute atomic E-state index is 0.583. The fourth-order valence-electron chi connectivity index (χ4n) is 1.05. The Morgan fingerprint density at radius 1 is 1.04 bits per heavy atom. The summed E-state index contributed by atoms with van der Waals surface area (Å²) in [5.74, 6) is -19.2. The number of rotatable bonds is 7. The number of halogens is 8. The first-order valence-electron chi connectivity index (χ1n) is 5.77. The van der Waals surface area contributed by atoms with Gasteiger partial charge in [0.2, 0.25) is 0 Å². The predicted octanol–water partition coefficient (Wildman–Crippen LogP) is 3.30. The summed E-state index contributed by atoms with van der Waals surface area (Å²) < 4.78 is 130. The Kier molecular flexibility index (Phi) is 8.19. The average Bonchev–Trinajstić information content (AvgIpc) is 2.37. The SMILES string of the molecule is C=CCN.CCCC(F)(F)C(F)(F)C(F)(F)C(F)(F)S(=O)(=O)O. The van der Waals surface area contributed by atoms with Crippen LogP contribution >= 0.6 is 0 Å². The van der Waals surface area contributed by atoms with Crippen molar-refractivity contribution >= 4 is 10.1 Å². The molecule has 0 radical (unpaired) electrons. The molecule has 0 fully saturated rings. The van der Waals surface area contributed by atoms with Crippen LogP contribution in [0.2, 0.25) is 0 Å². The van der Waals surface area contributed by atoms with Crippen molar-refractivity contribution < 1.29 is 48.1 Å². The van der Waals surface area contributed by atoms with Gasteiger partial charge in [0, 0.05) is 13.0 Å². The first-order valence-corrected chi connectivity index (χ1v) is 7.21. The maximum atomic E-state index is 12.8. The maximum absolute atomic E-state index is 12.8. The van der Waals surface area contributed by atoms with Gasteiger partial charge in [-0.05, 0) is 0 Å². The lowest BCUT2D eigenvalue weighted by molar-refractivity contribution is -0.349. The van der Waals surface area contributed by atoms with Crippen LogP contribution in [0.15, 0.2) is 12.7 Å². The van der Waals surface area contributed by atoms with Crippen molar-refractivity contribution in [2.75, 3.05) is 6.54 Å². The van der Waals surface area contributed by atoms with Crippen LogP contribution < -0.4 is 5.73 Å². The summed E-state index contributed by atoms with van der Waals surface area (Å²) in [6.45, 7) is 4.83.